The largest absolute Gasteiger partial charge is 0.390 e. The molecular weight excluding hydrogens is 218 g/mol. The Morgan fingerprint density at radius 3 is 2.35 bits per heavy atom. The molecule has 2 heterocycles. The Morgan fingerprint density at radius 1 is 1.41 bits per heavy atom. The summed E-state index contributed by atoms with van der Waals surface area (Å²) in [7, 11) is 3.53. The van der Waals surface area contributed by atoms with Gasteiger partial charge in [0.25, 0.3) is 0 Å². The van der Waals surface area contributed by atoms with Crippen LogP contribution in [-0.4, -0.2) is 47.3 Å². The molecule has 4 nitrogen and oxygen atoms in total. The van der Waals surface area contributed by atoms with Crippen molar-refractivity contribution in [3.05, 3.63) is 0 Å². The first-order valence-corrected chi connectivity index (χ1v) is 6.25. The van der Waals surface area contributed by atoms with Gasteiger partial charge in [-0.2, -0.15) is 0 Å². The van der Waals surface area contributed by atoms with E-state index in [9.17, 15) is 9.90 Å². The molecule has 2 rings (SSSR count). The van der Waals surface area contributed by atoms with Crippen LogP contribution in [0.5, 0.6) is 0 Å². The highest BCUT2D eigenvalue weighted by Crippen LogP contribution is 2.58. The Morgan fingerprint density at radius 2 is 2.00 bits per heavy atom. The van der Waals surface area contributed by atoms with Crippen LogP contribution in [0.1, 0.15) is 40.0 Å². The molecule has 2 aliphatic rings. The molecule has 0 aliphatic carbocycles. The number of rotatable bonds is 2. The summed E-state index contributed by atoms with van der Waals surface area (Å²) < 4.78 is 6.10. The van der Waals surface area contributed by atoms with E-state index in [0.717, 1.165) is 12.8 Å². The second-order valence-corrected chi connectivity index (χ2v) is 6.45. The zero-order valence-electron chi connectivity index (χ0n) is 11.4. The van der Waals surface area contributed by atoms with E-state index in [1.165, 1.54) is 0 Å². The highest BCUT2D eigenvalue weighted by Gasteiger charge is 2.66. The van der Waals surface area contributed by atoms with Gasteiger partial charge < -0.3 is 14.7 Å². The van der Waals surface area contributed by atoms with Crippen molar-refractivity contribution < 1.29 is 14.6 Å². The van der Waals surface area contributed by atoms with Crippen LogP contribution in [0.25, 0.3) is 0 Å². The van der Waals surface area contributed by atoms with E-state index in [1.807, 2.05) is 20.8 Å². The molecule has 0 aromatic carbocycles. The van der Waals surface area contributed by atoms with Gasteiger partial charge in [0.15, 0.2) is 0 Å². The number of hydrogen-bond acceptors (Lipinski definition) is 3. The highest BCUT2D eigenvalue weighted by molar-refractivity contribution is 5.83. The number of carbonyl (C=O) groups is 1. The second-order valence-electron chi connectivity index (χ2n) is 6.45. The van der Waals surface area contributed by atoms with Crippen LogP contribution in [0.4, 0.5) is 0 Å². The summed E-state index contributed by atoms with van der Waals surface area (Å²) in [5, 5.41) is 10.1. The lowest BCUT2D eigenvalue weighted by Gasteiger charge is -2.41. The number of ether oxygens (including phenoxy) is 1. The lowest BCUT2D eigenvalue weighted by Crippen LogP contribution is -2.52. The van der Waals surface area contributed by atoms with E-state index in [2.05, 4.69) is 0 Å². The van der Waals surface area contributed by atoms with Gasteiger partial charge in [-0.3, -0.25) is 4.79 Å². The number of carbonyl (C=O) groups excluding carboxylic acids is 1. The fourth-order valence-corrected chi connectivity index (χ4v) is 3.35. The zero-order chi connectivity index (χ0) is 13.1. The zero-order valence-corrected chi connectivity index (χ0v) is 11.4. The molecule has 0 spiro atoms. The fraction of sp³-hybridized carbons (Fsp3) is 0.923. The third-order valence-electron chi connectivity index (χ3n) is 4.76. The summed E-state index contributed by atoms with van der Waals surface area (Å²) in [5.74, 6) is 0.0656. The molecule has 0 saturated carbocycles. The predicted octanol–water partition coefficient (Wildman–Crippen LogP) is 1.17. The third kappa shape index (κ3) is 1.54. The Bertz CT molecular complexity index is 353. The maximum Gasteiger partial charge on any atom is 0.230 e. The monoisotopic (exact) mass is 241 g/mol. The molecule has 0 radical (unpaired) electrons. The summed E-state index contributed by atoms with van der Waals surface area (Å²) in [5.41, 5.74) is -1.54. The van der Waals surface area contributed by atoms with Crippen LogP contribution in [0.15, 0.2) is 0 Å². The van der Waals surface area contributed by atoms with E-state index in [0.29, 0.717) is 6.42 Å². The maximum absolute atomic E-state index is 12.3. The standard InChI is InChI=1S/C13H23NO3/c1-11(2,10(16)14(4)5)13-7-6-12(3,17-13)9(15)8-13/h9,15H,6-8H2,1-5H3. The lowest BCUT2D eigenvalue weighted by atomic mass is 9.66. The Balaban J connectivity index is 2.32. The van der Waals surface area contributed by atoms with Crippen LogP contribution in [0.3, 0.4) is 0 Å². The minimum atomic E-state index is -0.592. The van der Waals surface area contributed by atoms with Gasteiger partial charge >= 0.3 is 0 Å². The number of amides is 1. The van der Waals surface area contributed by atoms with Crippen LogP contribution in [0.2, 0.25) is 0 Å². The van der Waals surface area contributed by atoms with Crippen LogP contribution in [-0.2, 0) is 9.53 Å². The molecular formula is C13H23NO3. The molecule has 0 aromatic heterocycles. The molecule has 0 aromatic rings. The van der Waals surface area contributed by atoms with Gasteiger partial charge in [-0.1, -0.05) is 0 Å². The highest BCUT2D eigenvalue weighted by atomic mass is 16.6. The summed E-state index contributed by atoms with van der Waals surface area (Å²) in [6, 6.07) is 0. The van der Waals surface area contributed by atoms with Crippen molar-refractivity contribution in [1.82, 2.24) is 4.90 Å². The van der Waals surface area contributed by atoms with Gasteiger partial charge in [-0.25, -0.2) is 0 Å². The molecule has 98 valence electrons. The smallest absolute Gasteiger partial charge is 0.230 e. The second kappa shape index (κ2) is 3.45. The molecule has 2 bridgehead atoms. The molecule has 2 saturated heterocycles. The van der Waals surface area contributed by atoms with Crippen molar-refractivity contribution in [2.75, 3.05) is 14.1 Å². The quantitative estimate of drug-likeness (QED) is 0.789. The number of aliphatic hydroxyl groups excluding tert-OH is 1. The summed E-state index contributed by atoms with van der Waals surface area (Å²) in [6.07, 6.45) is 1.80. The Hall–Kier alpha value is -0.610. The molecule has 1 N–H and O–H groups in total. The van der Waals surface area contributed by atoms with Crippen molar-refractivity contribution >= 4 is 5.91 Å². The predicted molar refractivity (Wildman–Crippen MR) is 64.6 cm³/mol. The third-order valence-corrected chi connectivity index (χ3v) is 4.76. The average molecular weight is 241 g/mol. The van der Waals surface area contributed by atoms with Crippen LogP contribution >= 0.6 is 0 Å². The first-order chi connectivity index (χ1) is 7.65. The van der Waals surface area contributed by atoms with E-state index < -0.39 is 22.7 Å². The van der Waals surface area contributed by atoms with Crippen molar-refractivity contribution in [3.63, 3.8) is 0 Å². The van der Waals surface area contributed by atoms with Crippen molar-refractivity contribution in [3.8, 4) is 0 Å². The fourth-order valence-electron chi connectivity index (χ4n) is 3.35. The van der Waals surface area contributed by atoms with Gasteiger partial charge in [-0.15, -0.1) is 0 Å². The summed E-state index contributed by atoms with van der Waals surface area (Å²) >= 11 is 0. The molecule has 1 amide bonds. The first-order valence-electron chi connectivity index (χ1n) is 6.25. The molecule has 17 heavy (non-hydrogen) atoms. The minimum absolute atomic E-state index is 0.0656. The topological polar surface area (TPSA) is 49.8 Å². The molecule has 2 fully saturated rings. The number of aliphatic hydroxyl groups is 1. The van der Waals surface area contributed by atoms with Crippen molar-refractivity contribution in [2.24, 2.45) is 5.41 Å². The van der Waals surface area contributed by atoms with Gasteiger partial charge in [0.1, 0.15) is 0 Å². The maximum atomic E-state index is 12.3. The SMILES string of the molecule is CN(C)C(=O)C(C)(C)C12CCC(C)(O1)C(O)C2. The van der Waals surface area contributed by atoms with Crippen LogP contribution < -0.4 is 0 Å². The molecule has 4 heteroatoms. The van der Waals surface area contributed by atoms with Gasteiger partial charge in [0, 0.05) is 20.5 Å². The van der Waals surface area contributed by atoms with E-state index >= 15 is 0 Å². The van der Waals surface area contributed by atoms with Crippen molar-refractivity contribution in [1.29, 1.82) is 0 Å². The average Bonchev–Trinajstić information content (AvgIpc) is 2.69. The molecule has 3 unspecified atom stereocenters. The first kappa shape index (κ1) is 12.8. The molecule has 2 aliphatic heterocycles. The van der Waals surface area contributed by atoms with Gasteiger partial charge in [-0.05, 0) is 33.6 Å². The van der Waals surface area contributed by atoms with Crippen LogP contribution in [0, 0.1) is 5.41 Å². The van der Waals surface area contributed by atoms with Crippen molar-refractivity contribution in [2.45, 2.75) is 57.3 Å². The Labute approximate surface area is 103 Å². The molecule has 3 atom stereocenters. The lowest BCUT2D eigenvalue weighted by molar-refractivity contribution is -0.160. The van der Waals surface area contributed by atoms with Gasteiger partial charge in [0.05, 0.1) is 22.7 Å². The normalized spacial score (nSPS) is 40.7. The van der Waals surface area contributed by atoms with Gasteiger partial charge in [0.2, 0.25) is 5.91 Å². The number of hydrogen-bond donors (Lipinski definition) is 1. The van der Waals surface area contributed by atoms with E-state index in [-0.39, 0.29) is 5.91 Å². The number of nitrogens with zero attached hydrogens (tertiary/aromatic N) is 1. The number of fused-ring (bicyclic) bond motifs is 2. The minimum Gasteiger partial charge on any atom is -0.390 e. The van der Waals surface area contributed by atoms with E-state index in [1.54, 1.807) is 19.0 Å². The Kier molecular flexibility index (Phi) is 2.61. The van der Waals surface area contributed by atoms with E-state index in [4.69, 9.17) is 4.74 Å². The summed E-state index contributed by atoms with van der Waals surface area (Å²) in [6.45, 7) is 5.81. The summed E-state index contributed by atoms with van der Waals surface area (Å²) in [4.78, 5) is 13.9.